The van der Waals surface area contributed by atoms with E-state index >= 15 is 0 Å². The lowest BCUT2D eigenvalue weighted by Gasteiger charge is -2.37. The summed E-state index contributed by atoms with van der Waals surface area (Å²) >= 11 is 3.79. The van der Waals surface area contributed by atoms with Crippen molar-refractivity contribution >= 4 is 15.9 Å². The summed E-state index contributed by atoms with van der Waals surface area (Å²) in [5.74, 6) is 1.12. The molecule has 112 valence electrons. The molecule has 0 saturated heterocycles. The second kappa shape index (κ2) is 6.30. The summed E-state index contributed by atoms with van der Waals surface area (Å²) in [6, 6.07) is 8.90. The average Bonchev–Trinajstić information content (AvgIpc) is 2.95. The predicted molar refractivity (Wildman–Crippen MR) is 88.9 cm³/mol. The van der Waals surface area contributed by atoms with Gasteiger partial charge in [-0.25, -0.2) is 4.98 Å². The van der Waals surface area contributed by atoms with Crippen molar-refractivity contribution in [2.45, 2.75) is 51.0 Å². The molecular weight excluding hydrogens is 326 g/mol. The van der Waals surface area contributed by atoms with Gasteiger partial charge in [-0.1, -0.05) is 47.1 Å². The van der Waals surface area contributed by atoms with Crippen LogP contribution in [0.3, 0.4) is 0 Å². The van der Waals surface area contributed by atoms with Gasteiger partial charge in [0.25, 0.3) is 0 Å². The molecule has 0 amide bonds. The number of nitrogens with zero attached hydrogens (tertiary/aromatic N) is 3. The minimum absolute atomic E-state index is 0.160. The molecule has 0 saturated carbocycles. The zero-order valence-corrected chi connectivity index (χ0v) is 14.1. The summed E-state index contributed by atoms with van der Waals surface area (Å²) in [5, 5.41) is 5.37. The van der Waals surface area contributed by atoms with Gasteiger partial charge in [-0.2, -0.15) is 5.10 Å². The predicted octanol–water partition coefficient (Wildman–Crippen LogP) is 3.90. The van der Waals surface area contributed by atoms with E-state index < -0.39 is 0 Å². The normalized spacial score (nSPS) is 21.2. The Labute approximate surface area is 134 Å². The van der Waals surface area contributed by atoms with Crippen molar-refractivity contribution in [3.8, 4) is 0 Å². The summed E-state index contributed by atoms with van der Waals surface area (Å²) in [4.78, 5) is 4.53. The Balaban J connectivity index is 1.96. The van der Waals surface area contributed by atoms with Gasteiger partial charge in [-0.15, -0.1) is 0 Å². The zero-order chi connectivity index (χ0) is 14.7. The molecule has 3 nitrogen and oxygen atoms in total. The van der Waals surface area contributed by atoms with Gasteiger partial charge >= 0.3 is 0 Å². The fourth-order valence-corrected chi connectivity index (χ4v) is 4.28. The van der Waals surface area contributed by atoms with Crippen LogP contribution in [-0.2, 0) is 24.8 Å². The smallest absolute Gasteiger partial charge is 0.138 e. The first-order valence-electron chi connectivity index (χ1n) is 7.80. The van der Waals surface area contributed by atoms with E-state index in [9.17, 15) is 0 Å². The minimum atomic E-state index is 0.160. The van der Waals surface area contributed by atoms with Crippen molar-refractivity contribution < 1.29 is 0 Å². The third-order valence-electron chi connectivity index (χ3n) is 4.57. The van der Waals surface area contributed by atoms with Crippen molar-refractivity contribution in [3.05, 3.63) is 47.5 Å². The molecular formula is C17H22BrN3. The summed E-state index contributed by atoms with van der Waals surface area (Å²) in [7, 11) is 0. The van der Waals surface area contributed by atoms with Crippen LogP contribution in [0.25, 0.3) is 0 Å². The molecule has 1 heterocycles. The van der Waals surface area contributed by atoms with Crippen LogP contribution in [0.5, 0.6) is 0 Å². The highest BCUT2D eigenvalue weighted by atomic mass is 79.9. The monoisotopic (exact) mass is 347 g/mol. The molecule has 0 N–H and O–H groups in total. The van der Waals surface area contributed by atoms with Gasteiger partial charge in [0.15, 0.2) is 0 Å². The van der Waals surface area contributed by atoms with E-state index in [1.54, 1.807) is 6.33 Å². The molecule has 0 bridgehead atoms. The Morgan fingerprint density at radius 1 is 1.33 bits per heavy atom. The lowest BCUT2D eigenvalue weighted by Crippen LogP contribution is -2.36. The molecule has 1 unspecified atom stereocenters. The first kappa shape index (κ1) is 14.8. The van der Waals surface area contributed by atoms with Crippen molar-refractivity contribution in [1.82, 2.24) is 14.8 Å². The third-order valence-corrected chi connectivity index (χ3v) is 5.65. The van der Waals surface area contributed by atoms with Gasteiger partial charge in [-0.3, -0.25) is 4.68 Å². The Morgan fingerprint density at radius 3 is 3.00 bits per heavy atom. The van der Waals surface area contributed by atoms with Crippen LogP contribution in [0.4, 0.5) is 0 Å². The number of rotatable bonds is 5. The largest absolute Gasteiger partial charge is 0.250 e. The Kier molecular flexibility index (Phi) is 4.43. The zero-order valence-electron chi connectivity index (χ0n) is 12.6. The molecule has 0 fully saturated rings. The van der Waals surface area contributed by atoms with E-state index in [2.05, 4.69) is 61.9 Å². The highest BCUT2D eigenvalue weighted by Gasteiger charge is 2.36. The topological polar surface area (TPSA) is 30.7 Å². The third kappa shape index (κ3) is 2.78. The molecule has 0 aliphatic heterocycles. The van der Waals surface area contributed by atoms with Crippen LogP contribution in [0.1, 0.15) is 43.1 Å². The standard InChI is InChI=1S/C17H22BrN3/c1-2-10-21-16(19-13-20-21)11-17(12-18)9-5-7-14-6-3-4-8-15(14)17/h3-4,6,8,13H,2,5,7,9-12H2,1H3. The Bertz CT molecular complexity index is 608. The molecule has 1 aliphatic rings. The van der Waals surface area contributed by atoms with Crippen LogP contribution in [0, 0.1) is 0 Å². The number of fused-ring (bicyclic) bond motifs is 1. The van der Waals surface area contributed by atoms with Crippen LogP contribution in [0.2, 0.25) is 0 Å². The molecule has 3 rings (SSSR count). The second-order valence-electron chi connectivity index (χ2n) is 6.00. The van der Waals surface area contributed by atoms with Crippen LogP contribution in [0.15, 0.2) is 30.6 Å². The maximum atomic E-state index is 4.53. The van der Waals surface area contributed by atoms with Gasteiger partial charge in [0, 0.05) is 23.7 Å². The number of benzene rings is 1. The maximum Gasteiger partial charge on any atom is 0.138 e. The second-order valence-corrected chi connectivity index (χ2v) is 6.56. The quantitative estimate of drug-likeness (QED) is 0.768. The Hall–Kier alpha value is -1.16. The number of alkyl halides is 1. The van der Waals surface area contributed by atoms with E-state index in [0.717, 1.165) is 30.5 Å². The minimum Gasteiger partial charge on any atom is -0.250 e. The molecule has 1 atom stereocenters. The van der Waals surface area contributed by atoms with Crippen molar-refractivity contribution in [3.63, 3.8) is 0 Å². The molecule has 1 aromatic carbocycles. The Morgan fingerprint density at radius 2 is 2.19 bits per heavy atom. The number of halogens is 1. The lowest BCUT2D eigenvalue weighted by molar-refractivity contribution is 0.382. The maximum absolute atomic E-state index is 4.53. The molecule has 21 heavy (non-hydrogen) atoms. The van der Waals surface area contributed by atoms with E-state index in [1.165, 1.54) is 30.4 Å². The number of aryl methyl sites for hydroxylation is 2. The summed E-state index contributed by atoms with van der Waals surface area (Å²) in [6.07, 6.45) is 7.43. The van der Waals surface area contributed by atoms with E-state index in [1.807, 2.05) is 0 Å². The lowest BCUT2D eigenvalue weighted by atomic mass is 9.69. The van der Waals surface area contributed by atoms with E-state index in [0.29, 0.717) is 0 Å². The first-order chi connectivity index (χ1) is 10.3. The number of hydrogen-bond donors (Lipinski definition) is 0. The first-order valence-corrected chi connectivity index (χ1v) is 8.92. The van der Waals surface area contributed by atoms with Gasteiger partial charge in [0.2, 0.25) is 0 Å². The van der Waals surface area contributed by atoms with Crippen LogP contribution >= 0.6 is 15.9 Å². The molecule has 1 aromatic heterocycles. The van der Waals surface area contributed by atoms with Gasteiger partial charge in [0.05, 0.1) is 0 Å². The fraction of sp³-hybridized carbons (Fsp3) is 0.529. The molecule has 0 spiro atoms. The summed E-state index contributed by atoms with van der Waals surface area (Å²) in [6.45, 7) is 3.14. The van der Waals surface area contributed by atoms with Crippen molar-refractivity contribution in [2.24, 2.45) is 0 Å². The SMILES string of the molecule is CCCn1ncnc1CC1(CBr)CCCc2ccccc21. The van der Waals surface area contributed by atoms with E-state index in [-0.39, 0.29) is 5.41 Å². The van der Waals surface area contributed by atoms with Gasteiger partial charge in [0.1, 0.15) is 12.2 Å². The fourth-order valence-electron chi connectivity index (χ4n) is 3.50. The van der Waals surface area contributed by atoms with Crippen molar-refractivity contribution in [2.75, 3.05) is 5.33 Å². The highest BCUT2D eigenvalue weighted by Crippen LogP contribution is 2.41. The molecule has 0 radical (unpaired) electrons. The number of hydrogen-bond acceptors (Lipinski definition) is 2. The van der Waals surface area contributed by atoms with E-state index in [4.69, 9.17) is 0 Å². The molecule has 4 heteroatoms. The van der Waals surface area contributed by atoms with Gasteiger partial charge < -0.3 is 0 Å². The van der Waals surface area contributed by atoms with Crippen molar-refractivity contribution in [1.29, 1.82) is 0 Å². The molecule has 1 aliphatic carbocycles. The number of aromatic nitrogens is 3. The average molecular weight is 348 g/mol. The van der Waals surface area contributed by atoms with Crippen LogP contribution in [-0.4, -0.2) is 20.1 Å². The summed E-state index contributed by atoms with van der Waals surface area (Å²) in [5.41, 5.74) is 3.16. The highest BCUT2D eigenvalue weighted by molar-refractivity contribution is 9.09. The van der Waals surface area contributed by atoms with Gasteiger partial charge in [-0.05, 0) is 36.8 Å². The summed E-state index contributed by atoms with van der Waals surface area (Å²) < 4.78 is 2.07. The van der Waals surface area contributed by atoms with Crippen LogP contribution < -0.4 is 0 Å². The molecule has 2 aromatic rings.